The van der Waals surface area contributed by atoms with E-state index in [0.29, 0.717) is 17.8 Å². The molecule has 0 aliphatic rings. The van der Waals surface area contributed by atoms with Crippen LogP contribution in [0.4, 0.5) is 33.7 Å². The number of carbonyl (C=O) groups is 1. The maximum Gasteiger partial charge on any atom is 0.416 e. The van der Waals surface area contributed by atoms with E-state index in [9.17, 15) is 18.0 Å². The second kappa shape index (κ2) is 9.34. The first-order chi connectivity index (χ1) is 16.3. The van der Waals surface area contributed by atoms with E-state index < -0.39 is 23.6 Å². The largest absolute Gasteiger partial charge is 0.416 e. The number of nitrogens with one attached hydrogen (secondary N) is 2. The standard InChI is InChI=1S/C24H19F4N5O/c1-2-33-14-19(22(32-33)15-10-12-29-13-11-15)18-4-3-5-20(21(18)25)31-23(34)30-17-8-6-16(7-9-17)24(26,27)28/h3-14H,2H2,1H3,(H2,30,31,34). The molecule has 0 fully saturated rings. The molecule has 0 atom stereocenters. The van der Waals surface area contributed by atoms with Gasteiger partial charge in [-0.15, -0.1) is 0 Å². The van der Waals surface area contributed by atoms with E-state index in [1.165, 1.54) is 6.07 Å². The van der Waals surface area contributed by atoms with Crippen LogP contribution < -0.4 is 10.6 Å². The van der Waals surface area contributed by atoms with Gasteiger partial charge in [0, 0.05) is 47.5 Å². The van der Waals surface area contributed by atoms with Crippen molar-refractivity contribution in [2.45, 2.75) is 19.6 Å². The van der Waals surface area contributed by atoms with Gasteiger partial charge in [-0.1, -0.05) is 12.1 Å². The molecular weight excluding hydrogens is 450 g/mol. The molecule has 10 heteroatoms. The summed E-state index contributed by atoms with van der Waals surface area (Å²) in [5, 5.41) is 9.34. The molecule has 2 aromatic heterocycles. The number of pyridine rings is 1. The van der Waals surface area contributed by atoms with Gasteiger partial charge in [0.1, 0.15) is 5.69 Å². The third-order valence-electron chi connectivity index (χ3n) is 5.05. The summed E-state index contributed by atoms with van der Waals surface area (Å²) in [4.78, 5) is 16.4. The summed E-state index contributed by atoms with van der Waals surface area (Å²) in [6.45, 7) is 2.49. The van der Waals surface area contributed by atoms with Gasteiger partial charge in [-0.25, -0.2) is 9.18 Å². The fraction of sp³-hybridized carbons (Fsp3) is 0.125. The van der Waals surface area contributed by atoms with Crippen LogP contribution in [0.1, 0.15) is 12.5 Å². The molecule has 0 aliphatic carbocycles. The lowest BCUT2D eigenvalue weighted by atomic mass is 10.0. The number of carbonyl (C=O) groups excluding carboxylic acids is 1. The third kappa shape index (κ3) is 4.90. The number of rotatable bonds is 5. The summed E-state index contributed by atoms with van der Waals surface area (Å²) in [6, 6.07) is 11.2. The van der Waals surface area contributed by atoms with E-state index in [1.54, 1.807) is 47.5 Å². The lowest BCUT2D eigenvalue weighted by molar-refractivity contribution is -0.137. The number of amides is 2. The molecule has 4 rings (SSSR count). The van der Waals surface area contributed by atoms with Crippen LogP contribution in [0.15, 0.2) is 73.2 Å². The zero-order valence-electron chi connectivity index (χ0n) is 17.9. The van der Waals surface area contributed by atoms with E-state index in [-0.39, 0.29) is 16.9 Å². The highest BCUT2D eigenvalue weighted by atomic mass is 19.4. The molecule has 0 spiro atoms. The Balaban J connectivity index is 1.59. The SMILES string of the molecule is CCn1cc(-c2cccc(NC(=O)Nc3ccc(C(F)(F)F)cc3)c2F)c(-c2ccncc2)n1. The Bertz CT molecular complexity index is 1300. The highest BCUT2D eigenvalue weighted by Gasteiger charge is 2.30. The van der Waals surface area contributed by atoms with Gasteiger partial charge in [0.2, 0.25) is 0 Å². The van der Waals surface area contributed by atoms with Crippen LogP contribution in [-0.2, 0) is 12.7 Å². The van der Waals surface area contributed by atoms with Crippen LogP contribution in [0.25, 0.3) is 22.4 Å². The Morgan fingerprint density at radius 1 is 0.971 bits per heavy atom. The van der Waals surface area contributed by atoms with Gasteiger partial charge in [0.15, 0.2) is 5.82 Å². The summed E-state index contributed by atoms with van der Waals surface area (Å²) in [7, 11) is 0. The van der Waals surface area contributed by atoms with Crippen LogP contribution >= 0.6 is 0 Å². The quantitative estimate of drug-likeness (QED) is 0.331. The molecule has 0 aliphatic heterocycles. The maximum absolute atomic E-state index is 15.4. The Hall–Kier alpha value is -4.21. The molecule has 0 saturated carbocycles. The summed E-state index contributed by atoms with van der Waals surface area (Å²) in [5.41, 5.74) is 1.30. The minimum absolute atomic E-state index is 0.0909. The number of nitrogens with zero attached hydrogens (tertiary/aromatic N) is 3. The molecular formula is C24H19F4N5O. The van der Waals surface area contributed by atoms with Crippen molar-refractivity contribution >= 4 is 17.4 Å². The molecule has 2 aromatic carbocycles. The van der Waals surface area contributed by atoms with Crippen LogP contribution in [0.3, 0.4) is 0 Å². The molecule has 34 heavy (non-hydrogen) atoms. The number of alkyl halides is 3. The molecule has 2 N–H and O–H groups in total. The van der Waals surface area contributed by atoms with E-state index in [0.717, 1.165) is 29.8 Å². The molecule has 2 amide bonds. The molecule has 0 radical (unpaired) electrons. The van der Waals surface area contributed by atoms with Crippen molar-refractivity contribution in [3.8, 4) is 22.4 Å². The van der Waals surface area contributed by atoms with Gasteiger partial charge in [-0.05, 0) is 49.4 Å². The minimum atomic E-state index is -4.48. The number of anilines is 2. The molecule has 0 bridgehead atoms. The van der Waals surface area contributed by atoms with Gasteiger partial charge in [-0.3, -0.25) is 9.67 Å². The van der Waals surface area contributed by atoms with Gasteiger partial charge >= 0.3 is 12.2 Å². The van der Waals surface area contributed by atoms with Crippen molar-refractivity contribution < 1.29 is 22.4 Å². The lowest BCUT2D eigenvalue weighted by Crippen LogP contribution is -2.20. The van der Waals surface area contributed by atoms with Crippen LogP contribution in [0.5, 0.6) is 0 Å². The van der Waals surface area contributed by atoms with Crippen LogP contribution in [0, 0.1) is 5.82 Å². The molecule has 6 nitrogen and oxygen atoms in total. The van der Waals surface area contributed by atoms with Crippen molar-refractivity contribution in [3.63, 3.8) is 0 Å². The van der Waals surface area contributed by atoms with Crippen LogP contribution in [0.2, 0.25) is 0 Å². The predicted octanol–water partition coefficient (Wildman–Crippen LogP) is 6.43. The smallest absolute Gasteiger partial charge is 0.308 e. The van der Waals surface area contributed by atoms with Crippen molar-refractivity contribution in [1.82, 2.24) is 14.8 Å². The van der Waals surface area contributed by atoms with Gasteiger partial charge < -0.3 is 10.6 Å². The van der Waals surface area contributed by atoms with Gasteiger partial charge in [0.05, 0.1) is 11.3 Å². The number of hydrogen-bond acceptors (Lipinski definition) is 3. The highest BCUT2D eigenvalue weighted by molar-refractivity contribution is 6.00. The minimum Gasteiger partial charge on any atom is -0.308 e. The number of urea groups is 1. The first-order valence-corrected chi connectivity index (χ1v) is 10.3. The van der Waals surface area contributed by atoms with E-state index >= 15 is 4.39 Å². The second-order valence-electron chi connectivity index (χ2n) is 7.30. The van der Waals surface area contributed by atoms with E-state index in [2.05, 4.69) is 20.7 Å². The lowest BCUT2D eigenvalue weighted by Gasteiger charge is -2.12. The van der Waals surface area contributed by atoms with E-state index in [1.807, 2.05) is 6.92 Å². The van der Waals surface area contributed by atoms with Gasteiger partial charge in [0.25, 0.3) is 0 Å². The fourth-order valence-corrected chi connectivity index (χ4v) is 3.37. The molecule has 4 aromatic rings. The summed E-state index contributed by atoms with van der Waals surface area (Å²) in [6.07, 6.45) is 0.472. The van der Waals surface area contributed by atoms with Gasteiger partial charge in [-0.2, -0.15) is 18.3 Å². The van der Waals surface area contributed by atoms with Crippen LogP contribution in [-0.4, -0.2) is 20.8 Å². The molecule has 2 heterocycles. The van der Waals surface area contributed by atoms with Crippen molar-refractivity contribution in [2.75, 3.05) is 10.6 Å². The second-order valence-corrected chi connectivity index (χ2v) is 7.30. The summed E-state index contributed by atoms with van der Waals surface area (Å²) < 4.78 is 55.2. The van der Waals surface area contributed by atoms with E-state index in [4.69, 9.17) is 0 Å². The number of hydrogen-bond donors (Lipinski definition) is 2. The predicted molar refractivity (Wildman–Crippen MR) is 121 cm³/mol. The maximum atomic E-state index is 15.4. The number of aromatic nitrogens is 3. The third-order valence-corrected chi connectivity index (χ3v) is 5.05. The molecule has 0 saturated heterocycles. The fourth-order valence-electron chi connectivity index (χ4n) is 3.37. The number of benzene rings is 2. The molecule has 0 unspecified atom stereocenters. The van der Waals surface area contributed by atoms with Crippen molar-refractivity contribution in [1.29, 1.82) is 0 Å². The Labute approximate surface area is 192 Å². The normalized spacial score (nSPS) is 11.3. The number of halogens is 4. The average Bonchev–Trinajstić information content (AvgIpc) is 3.25. The summed E-state index contributed by atoms with van der Waals surface area (Å²) in [5.74, 6) is -0.670. The molecule has 174 valence electrons. The average molecular weight is 469 g/mol. The van der Waals surface area contributed by atoms with Crippen molar-refractivity contribution in [2.24, 2.45) is 0 Å². The number of aryl methyl sites for hydroxylation is 1. The monoisotopic (exact) mass is 469 g/mol. The first-order valence-electron chi connectivity index (χ1n) is 10.3. The first kappa shape index (κ1) is 23.0. The Morgan fingerprint density at radius 2 is 1.68 bits per heavy atom. The highest BCUT2D eigenvalue weighted by Crippen LogP contribution is 2.35. The summed E-state index contributed by atoms with van der Waals surface area (Å²) >= 11 is 0. The van der Waals surface area contributed by atoms with Crippen molar-refractivity contribution in [3.05, 3.63) is 84.6 Å². The zero-order valence-corrected chi connectivity index (χ0v) is 17.9. The Kier molecular flexibility index (Phi) is 6.31. The topological polar surface area (TPSA) is 71.8 Å². The Morgan fingerprint density at radius 3 is 2.32 bits per heavy atom. The zero-order chi connectivity index (χ0) is 24.3.